The van der Waals surface area contributed by atoms with E-state index < -0.39 is 6.16 Å². The lowest BCUT2D eigenvalue weighted by Gasteiger charge is -2.09. The van der Waals surface area contributed by atoms with E-state index in [-0.39, 0.29) is 24.2 Å². The van der Waals surface area contributed by atoms with Crippen molar-refractivity contribution in [3.63, 3.8) is 0 Å². The molecule has 8 heteroatoms. The monoisotopic (exact) mass is 428 g/mol. The van der Waals surface area contributed by atoms with Gasteiger partial charge in [-0.1, -0.05) is 17.7 Å². The van der Waals surface area contributed by atoms with Gasteiger partial charge in [0.25, 0.3) is 5.91 Å². The Morgan fingerprint density at radius 1 is 0.871 bits per heavy atom. The van der Waals surface area contributed by atoms with E-state index in [0.29, 0.717) is 38.1 Å². The van der Waals surface area contributed by atoms with E-state index in [1.807, 2.05) is 31.2 Å². The fourth-order valence-electron chi connectivity index (χ4n) is 2.54. The molecule has 31 heavy (non-hydrogen) atoms. The zero-order chi connectivity index (χ0) is 22.5. The quantitative estimate of drug-likeness (QED) is 0.324. The summed E-state index contributed by atoms with van der Waals surface area (Å²) in [6.07, 6.45) is 0.158. The van der Waals surface area contributed by atoms with Crippen molar-refractivity contribution in [2.45, 2.75) is 26.7 Å². The van der Waals surface area contributed by atoms with Gasteiger partial charge >= 0.3 is 6.16 Å². The number of hydrogen-bond donors (Lipinski definition) is 2. The fraction of sp³-hybridized carbons (Fsp3) is 0.348. The molecule has 0 unspecified atom stereocenters. The zero-order valence-corrected chi connectivity index (χ0v) is 17.8. The topological polar surface area (TPSA) is 103 Å². The molecule has 0 aliphatic carbocycles. The molecular formula is C23H28N2O6. The van der Waals surface area contributed by atoms with Gasteiger partial charge in [-0.15, -0.1) is 0 Å². The Labute approximate surface area is 181 Å². The fourth-order valence-corrected chi connectivity index (χ4v) is 2.54. The number of carbonyl (C=O) groups excluding carboxylic acids is 3. The van der Waals surface area contributed by atoms with Crippen molar-refractivity contribution in [2.75, 3.05) is 26.3 Å². The number of rotatable bonds is 11. The molecule has 0 saturated heterocycles. The first-order chi connectivity index (χ1) is 15.0. The lowest BCUT2D eigenvalue weighted by atomic mass is 10.2. The summed E-state index contributed by atoms with van der Waals surface area (Å²) < 4.78 is 15.2. The second kappa shape index (κ2) is 12.9. The van der Waals surface area contributed by atoms with Crippen molar-refractivity contribution in [3.05, 3.63) is 59.7 Å². The Morgan fingerprint density at radius 2 is 1.52 bits per heavy atom. The smallest absolute Gasteiger partial charge is 0.494 e. The lowest BCUT2D eigenvalue weighted by molar-refractivity contribution is -0.121. The molecule has 0 aliphatic heterocycles. The molecule has 2 aromatic rings. The first kappa shape index (κ1) is 23.7. The minimum atomic E-state index is -0.794. The van der Waals surface area contributed by atoms with Crippen LogP contribution in [0, 0.1) is 6.92 Å². The highest BCUT2D eigenvalue weighted by atomic mass is 16.7. The van der Waals surface area contributed by atoms with E-state index in [1.54, 1.807) is 6.92 Å². The lowest BCUT2D eigenvalue weighted by Crippen LogP contribution is -2.34. The van der Waals surface area contributed by atoms with Crippen LogP contribution in [0.2, 0.25) is 0 Å². The van der Waals surface area contributed by atoms with E-state index in [2.05, 4.69) is 15.4 Å². The molecule has 0 bridgehead atoms. The van der Waals surface area contributed by atoms with Crippen molar-refractivity contribution < 1.29 is 28.6 Å². The molecule has 0 atom stereocenters. The Bertz CT molecular complexity index is 849. The Hall–Kier alpha value is -3.55. The van der Waals surface area contributed by atoms with Crippen LogP contribution in [0.4, 0.5) is 4.79 Å². The summed E-state index contributed by atoms with van der Waals surface area (Å²) in [6.45, 7) is 4.99. The highest BCUT2D eigenvalue weighted by Crippen LogP contribution is 2.13. The number of carbonyl (C=O) groups is 3. The largest absolute Gasteiger partial charge is 0.513 e. The van der Waals surface area contributed by atoms with Crippen LogP contribution in [0.5, 0.6) is 11.5 Å². The zero-order valence-electron chi connectivity index (χ0n) is 17.8. The van der Waals surface area contributed by atoms with Crippen LogP contribution in [0.1, 0.15) is 35.7 Å². The predicted molar refractivity (Wildman–Crippen MR) is 115 cm³/mol. The maximum Gasteiger partial charge on any atom is 0.513 e. The highest BCUT2D eigenvalue weighted by Gasteiger charge is 2.08. The first-order valence-electron chi connectivity index (χ1n) is 10.2. The second-order valence-corrected chi connectivity index (χ2v) is 6.68. The van der Waals surface area contributed by atoms with Gasteiger partial charge in [-0.25, -0.2) is 4.79 Å². The van der Waals surface area contributed by atoms with Crippen LogP contribution in [0.25, 0.3) is 0 Å². The van der Waals surface area contributed by atoms with Gasteiger partial charge in [0.1, 0.15) is 11.5 Å². The molecule has 0 fully saturated rings. The Kier molecular flexibility index (Phi) is 9.87. The summed E-state index contributed by atoms with van der Waals surface area (Å²) in [4.78, 5) is 35.2. The number of aryl methyl sites for hydroxylation is 1. The van der Waals surface area contributed by atoms with Crippen molar-refractivity contribution in [1.29, 1.82) is 0 Å². The number of hydrogen-bond acceptors (Lipinski definition) is 6. The SMILES string of the molecule is CCOC(=O)Oc1ccc(C(=O)NCCNC(=O)CCCOc2ccc(C)cc2)cc1. The summed E-state index contributed by atoms with van der Waals surface area (Å²) in [5, 5.41) is 5.48. The summed E-state index contributed by atoms with van der Waals surface area (Å²) in [5.74, 6) is 0.688. The second-order valence-electron chi connectivity index (χ2n) is 6.68. The van der Waals surface area contributed by atoms with Crippen LogP contribution >= 0.6 is 0 Å². The molecule has 0 saturated carbocycles. The molecule has 2 rings (SSSR count). The normalized spacial score (nSPS) is 10.1. The van der Waals surface area contributed by atoms with Gasteiger partial charge in [-0.3, -0.25) is 9.59 Å². The van der Waals surface area contributed by atoms with Crippen LogP contribution in [-0.4, -0.2) is 44.3 Å². The number of ether oxygens (including phenoxy) is 3. The van der Waals surface area contributed by atoms with Gasteiger partial charge in [0.05, 0.1) is 13.2 Å². The van der Waals surface area contributed by atoms with Gasteiger partial charge in [0.2, 0.25) is 5.91 Å². The average molecular weight is 428 g/mol. The van der Waals surface area contributed by atoms with E-state index >= 15 is 0 Å². The summed E-state index contributed by atoms with van der Waals surface area (Å²) >= 11 is 0. The van der Waals surface area contributed by atoms with Gasteiger partial charge in [0.15, 0.2) is 0 Å². The van der Waals surface area contributed by atoms with Crippen molar-refractivity contribution in [3.8, 4) is 11.5 Å². The van der Waals surface area contributed by atoms with E-state index in [0.717, 1.165) is 5.75 Å². The third kappa shape index (κ3) is 9.20. The predicted octanol–water partition coefficient (Wildman–Crippen LogP) is 3.24. The van der Waals surface area contributed by atoms with Gasteiger partial charge in [-0.2, -0.15) is 0 Å². The number of benzene rings is 2. The Morgan fingerprint density at radius 3 is 2.19 bits per heavy atom. The van der Waals surface area contributed by atoms with E-state index in [4.69, 9.17) is 9.47 Å². The van der Waals surface area contributed by atoms with Crippen LogP contribution < -0.4 is 20.1 Å². The van der Waals surface area contributed by atoms with Gasteiger partial charge < -0.3 is 24.8 Å². The molecule has 2 aromatic carbocycles. The third-order valence-electron chi connectivity index (χ3n) is 4.15. The molecular weight excluding hydrogens is 400 g/mol. The summed E-state index contributed by atoms with van der Waals surface area (Å²) in [7, 11) is 0. The van der Waals surface area contributed by atoms with Gasteiger partial charge in [0, 0.05) is 25.1 Å². The standard InChI is InChI=1S/C23H28N2O6/c1-3-29-23(28)31-20-12-8-18(9-13-20)22(27)25-15-14-24-21(26)5-4-16-30-19-10-6-17(2)7-11-19/h6-13H,3-5,14-16H2,1-2H3,(H,24,26)(H,25,27). The summed E-state index contributed by atoms with van der Waals surface area (Å²) in [6, 6.07) is 13.8. The molecule has 0 aliphatic rings. The molecule has 2 amide bonds. The minimum absolute atomic E-state index is 0.0952. The van der Waals surface area contributed by atoms with E-state index in [1.165, 1.54) is 29.8 Å². The maximum absolute atomic E-state index is 12.1. The van der Waals surface area contributed by atoms with Crippen LogP contribution in [-0.2, 0) is 9.53 Å². The minimum Gasteiger partial charge on any atom is -0.494 e. The van der Waals surface area contributed by atoms with E-state index in [9.17, 15) is 14.4 Å². The molecule has 166 valence electrons. The number of amides is 2. The van der Waals surface area contributed by atoms with Crippen molar-refractivity contribution >= 4 is 18.0 Å². The van der Waals surface area contributed by atoms with Gasteiger partial charge in [-0.05, 0) is 56.7 Å². The third-order valence-corrected chi connectivity index (χ3v) is 4.15. The average Bonchev–Trinajstić information content (AvgIpc) is 2.76. The van der Waals surface area contributed by atoms with Crippen molar-refractivity contribution in [2.24, 2.45) is 0 Å². The first-order valence-corrected chi connectivity index (χ1v) is 10.2. The molecule has 2 N–H and O–H groups in total. The van der Waals surface area contributed by atoms with Crippen LogP contribution in [0.3, 0.4) is 0 Å². The molecule has 0 heterocycles. The number of nitrogens with one attached hydrogen (secondary N) is 2. The van der Waals surface area contributed by atoms with Crippen LogP contribution in [0.15, 0.2) is 48.5 Å². The Balaban J connectivity index is 1.57. The summed E-state index contributed by atoms with van der Waals surface area (Å²) in [5.41, 5.74) is 1.58. The molecule has 8 nitrogen and oxygen atoms in total. The highest BCUT2D eigenvalue weighted by molar-refractivity contribution is 5.94. The molecule has 0 aromatic heterocycles. The van der Waals surface area contributed by atoms with Crippen molar-refractivity contribution in [1.82, 2.24) is 10.6 Å². The molecule has 0 spiro atoms. The molecule has 0 radical (unpaired) electrons. The maximum atomic E-state index is 12.1.